The lowest BCUT2D eigenvalue weighted by Crippen LogP contribution is -2.16. The maximum atomic E-state index is 12.5. The monoisotopic (exact) mass is 462 g/mol. The third-order valence-electron chi connectivity index (χ3n) is 3.95. The Morgan fingerprint density at radius 2 is 2.10 bits per heavy atom. The number of anilines is 1. The largest absolute Gasteiger partial charge is 0.462 e. The maximum absolute atomic E-state index is 12.5. The number of rotatable bonds is 9. The number of thiophene rings is 2. The first-order valence-corrected chi connectivity index (χ1v) is 11.9. The number of hydrogen-bond donors (Lipinski definition) is 1. The van der Waals surface area contributed by atoms with Crippen LogP contribution in [0.3, 0.4) is 0 Å². The minimum Gasteiger partial charge on any atom is -0.462 e. The molecule has 1 N–H and O–H groups in total. The summed E-state index contributed by atoms with van der Waals surface area (Å²) in [6.45, 7) is 10.3. The number of aryl methyl sites for hydroxylation is 2. The molecule has 10 heteroatoms. The van der Waals surface area contributed by atoms with E-state index in [0.717, 1.165) is 16.3 Å². The summed E-state index contributed by atoms with van der Waals surface area (Å²) in [7, 11) is 0. The Kier molecular flexibility index (Phi) is 7.46. The average molecular weight is 463 g/mol. The van der Waals surface area contributed by atoms with Crippen molar-refractivity contribution in [3.8, 4) is 11.4 Å². The zero-order chi connectivity index (χ0) is 21.7. The molecule has 7 nitrogen and oxygen atoms in total. The molecule has 0 unspecified atom stereocenters. The summed E-state index contributed by atoms with van der Waals surface area (Å²) in [6, 6.07) is 3.78. The molecule has 3 aromatic rings. The van der Waals surface area contributed by atoms with Crippen molar-refractivity contribution in [3.63, 3.8) is 0 Å². The topological polar surface area (TPSA) is 86.1 Å². The molecule has 0 spiro atoms. The molecular formula is C20H22N4O3S3. The summed E-state index contributed by atoms with van der Waals surface area (Å²) in [4.78, 5) is 26.7. The van der Waals surface area contributed by atoms with Crippen LogP contribution in [0.5, 0.6) is 0 Å². The molecule has 0 aliphatic rings. The van der Waals surface area contributed by atoms with Gasteiger partial charge in [0, 0.05) is 27.2 Å². The molecule has 3 heterocycles. The first-order chi connectivity index (χ1) is 14.4. The minimum absolute atomic E-state index is 0.136. The second-order valence-corrected chi connectivity index (χ2v) is 9.62. The van der Waals surface area contributed by atoms with Crippen molar-refractivity contribution in [2.24, 2.45) is 0 Å². The van der Waals surface area contributed by atoms with Crippen LogP contribution in [0.15, 0.2) is 35.3 Å². The molecule has 3 rings (SSSR count). The fourth-order valence-corrected chi connectivity index (χ4v) is 5.07. The maximum Gasteiger partial charge on any atom is 0.341 e. The number of hydrogen-bond acceptors (Lipinski definition) is 8. The standard InChI is InChI=1S/C20H22N4O3S3/c1-5-7-24-17(14-8-12(3)28-10-14)22-23-20(24)29-11-16(25)21-18-15(9-13(4)30-18)19(26)27-6-2/h5,8-10H,1,6-7,11H2,2-4H3,(H,21,25). The van der Waals surface area contributed by atoms with E-state index in [1.807, 2.05) is 23.8 Å². The van der Waals surface area contributed by atoms with E-state index < -0.39 is 5.97 Å². The predicted octanol–water partition coefficient (Wildman–Crippen LogP) is 4.78. The quantitative estimate of drug-likeness (QED) is 0.280. The van der Waals surface area contributed by atoms with E-state index in [4.69, 9.17) is 4.74 Å². The zero-order valence-corrected chi connectivity index (χ0v) is 19.4. The van der Waals surface area contributed by atoms with Gasteiger partial charge in [-0.05, 0) is 32.9 Å². The van der Waals surface area contributed by atoms with Crippen LogP contribution in [0.25, 0.3) is 11.4 Å². The third-order valence-corrected chi connectivity index (χ3v) is 6.75. The van der Waals surface area contributed by atoms with E-state index >= 15 is 0 Å². The summed E-state index contributed by atoms with van der Waals surface area (Å²) in [5, 5.41) is 14.5. The number of carbonyl (C=O) groups excluding carboxylic acids is 2. The van der Waals surface area contributed by atoms with Gasteiger partial charge >= 0.3 is 5.97 Å². The summed E-state index contributed by atoms with van der Waals surface area (Å²) < 4.78 is 7.00. The molecule has 0 bridgehead atoms. The lowest BCUT2D eigenvalue weighted by Gasteiger charge is -2.08. The number of nitrogens with zero attached hydrogens (tertiary/aromatic N) is 3. The SMILES string of the molecule is C=CCn1c(SCC(=O)Nc2sc(C)cc2C(=O)OCC)nnc1-c1csc(C)c1. The number of aromatic nitrogens is 3. The minimum atomic E-state index is -0.439. The Morgan fingerprint density at radius 1 is 1.30 bits per heavy atom. The summed E-state index contributed by atoms with van der Waals surface area (Å²) in [5.41, 5.74) is 1.37. The Balaban J connectivity index is 1.70. The van der Waals surface area contributed by atoms with Crippen LogP contribution in [0, 0.1) is 13.8 Å². The fourth-order valence-electron chi connectivity index (χ4n) is 2.72. The van der Waals surface area contributed by atoms with Crippen LogP contribution in [0.4, 0.5) is 5.00 Å². The van der Waals surface area contributed by atoms with E-state index in [1.165, 1.54) is 28.0 Å². The van der Waals surface area contributed by atoms with Crippen LogP contribution >= 0.6 is 34.4 Å². The van der Waals surface area contributed by atoms with Crippen molar-refractivity contribution < 1.29 is 14.3 Å². The molecule has 30 heavy (non-hydrogen) atoms. The highest BCUT2D eigenvalue weighted by molar-refractivity contribution is 7.99. The molecule has 1 amide bonds. The van der Waals surface area contributed by atoms with Gasteiger partial charge < -0.3 is 10.1 Å². The van der Waals surface area contributed by atoms with Crippen LogP contribution in [0.2, 0.25) is 0 Å². The number of thioether (sulfide) groups is 1. The molecule has 158 valence electrons. The van der Waals surface area contributed by atoms with Crippen molar-refractivity contribution in [1.29, 1.82) is 0 Å². The van der Waals surface area contributed by atoms with Gasteiger partial charge in [0.05, 0.1) is 17.9 Å². The van der Waals surface area contributed by atoms with Crippen LogP contribution in [-0.2, 0) is 16.1 Å². The molecule has 0 aliphatic carbocycles. The first-order valence-electron chi connectivity index (χ1n) is 9.22. The highest BCUT2D eigenvalue weighted by atomic mass is 32.2. The number of ether oxygens (including phenoxy) is 1. The van der Waals surface area contributed by atoms with E-state index in [1.54, 1.807) is 30.4 Å². The second kappa shape index (κ2) is 10.1. The average Bonchev–Trinajstić information content (AvgIpc) is 3.39. The lowest BCUT2D eigenvalue weighted by molar-refractivity contribution is -0.113. The molecule has 0 saturated carbocycles. The second-order valence-electron chi connectivity index (χ2n) is 6.31. The molecule has 3 aromatic heterocycles. The fraction of sp³-hybridized carbons (Fsp3) is 0.300. The van der Waals surface area contributed by atoms with Gasteiger partial charge in [-0.25, -0.2) is 4.79 Å². The highest BCUT2D eigenvalue weighted by Crippen LogP contribution is 2.30. The van der Waals surface area contributed by atoms with Gasteiger partial charge in [0.15, 0.2) is 11.0 Å². The first kappa shape index (κ1) is 22.3. The molecule has 0 radical (unpaired) electrons. The predicted molar refractivity (Wildman–Crippen MR) is 123 cm³/mol. The molecule has 0 atom stereocenters. The summed E-state index contributed by atoms with van der Waals surface area (Å²) in [6.07, 6.45) is 1.77. The molecule has 0 saturated heterocycles. The Bertz CT molecular complexity index is 1070. The molecular weight excluding hydrogens is 440 g/mol. The number of carbonyl (C=O) groups is 2. The third kappa shape index (κ3) is 5.18. The number of esters is 1. The van der Waals surface area contributed by atoms with Crippen LogP contribution in [-0.4, -0.2) is 39.0 Å². The smallest absolute Gasteiger partial charge is 0.341 e. The van der Waals surface area contributed by atoms with Gasteiger partial charge in [-0.2, -0.15) is 0 Å². The van der Waals surface area contributed by atoms with Crippen molar-refractivity contribution in [3.05, 3.63) is 45.5 Å². The molecule has 0 aromatic carbocycles. The Hall–Kier alpha value is -2.43. The highest BCUT2D eigenvalue weighted by Gasteiger charge is 2.19. The number of amides is 1. The van der Waals surface area contributed by atoms with E-state index in [0.29, 0.717) is 22.3 Å². The molecule has 0 aliphatic heterocycles. The van der Waals surface area contributed by atoms with Crippen molar-refractivity contribution >= 4 is 51.3 Å². The van der Waals surface area contributed by atoms with E-state index in [9.17, 15) is 9.59 Å². The number of allylic oxidation sites excluding steroid dienone is 1. The summed E-state index contributed by atoms with van der Waals surface area (Å²) in [5.74, 6) is 0.220. The Labute approximate surface area is 187 Å². The molecule has 0 fully saturated rings. The Morgan fingerprint density at radius 3 is 2.77 bits per heavy atom. The van der Waals surface area contributed by atoms with Gasteiger partial charge in [-0.1, -0.05) is 17.8 Å². The van der Waals surface area contributed by atoms with Gasteiger partial charge in [0.1, 0.15) is 5.00 Å². The van der Waals surface area contributed by atoms with Gasteiger partial charge in [-0.3, -0.25) is 9.36 Å². The van der Waals surface area contributed by atoms with Crippen molar-refractivity contribution in [2.45, 2.75) is 32.5 Å². The van der Waals surface area contributed by atoms with Crippen molar-refractivity contribution in [2.75, 3.05) is 17.7 Å². The van der Waals surface area contributed by atoms with E-state index in [-0.39, 0.29) is 18.3 Å². The number of nitrogens with one attached hydrogen (secondary N) is 1. The van der Waals surface area contributed by atoms with Gasteiger partial charge in [-0.15, -0.1) is 39.4 Å². The van der Waals surface area contributed by atoms with E-state index in [2.05, 4.69) is 28.2 Å². The van der Waals surface area contributed by atoms with Gasteiger partial charge in [0.2, 0.25) is 5.91 Å². The van der Waals surface area contributed by atoms with Gasteiger partial charge in [0.25, 0.3) is 0 Å². The normalized spacial score (nSPS) is 10.8. The summed E-state index contributed by atoms with van der Waals surface area (Å²) >= 11 is 4.28. The lowest BCUT2D eigenvalue weighted by atomic mass is 10.3. The van der Waals surface area contributed by atoms with Crippen LogP contribution < -0.4 is 5.32 Å². The zero-order valence-electron chi connectivity index (χ0n) is 16.9. The van der Waals surface area contributed by atoms with Crippen molar-refractivity contribution in [1.82, 2.24) is 14.8 Å². The van der Waals surface area contributed by atoms with Crippen LogP contribution in [0.1, 0.15) is 27.0 Å².